The Morgan fingerprint density at radius 2 is 2.22 bits per heavy atom. The van der Waals surface area contributed by atoms with Crippen LogP contribution >= 0.6 is 0 Å². The van der Waals surface area contributed by atoms with E-state index in [0.717, 1.165) is 5.56 Å². The van der Waals surface area contributed by atoms with Crippen molar-refractivity contribution in [2.24, 2.45) is 5.73 Å². The third kappa shape index (κ3) is 4.51. The molecule has 1 atom stereocenters. The molecule has 0 aliphatic heterocycles. The average molecular weight is 255 g/mol. The molecule has 1 rings (SSSR count). The Morgan fingerprint density at radius 1 is 1.50 bits per heavy atom. The highest BCUT2D eigenvalue weighted by Gasteiger charge is 2.21. The fourth-order valence-corrected chi connectivity index (χ4v) is 1.17. The van der Waals surface area contributed by atoms with Crippen molar-refractivity contribution in [2.45, 2.75) is 19.0 Å². The van der Waals surface area contributed by atoms with E-state index in [1.165, 1.54) is 6.20 Å². The van der Waals surface area contributed by atoms with Crippen LogP contribution < -0.4 is 16.4 Å². The molecule has 0 bridgehead atoms. The first-order chi connectivity index (χ1) is 8.49. The van der Waals surface area contributed by atoms with Gasteiger partial charge in [0.2, 0.25) is 5.91 Å². The first-order valence-corrected chi connectivity index (χ1v) is 5.02. The smallest absolute Gasteiger partial charge is 0.326 e. The number of carboxylic acid groups (broad SMARTS) is 1. The predicted octanol–water partition coefficient (Wildman–Crippen LogP) is -1.46. The van der Waals surface area contributed by atoms with E-state index in [9.17, 15) is 14.4 Å². The Balaban J connectivity index is 2.41. The Bertz CT molecular complexity index is 430. The molecule has 98 valence electrons. The summed E-state index contributed by atoms with van der Waals surface area (Å²) in [6.45, 7) is 0.186. The van der Waals surface area contributed by atoms with Crippen molar-refractivity contribution >= 4 is 17.9 Å². The molecule has 6 N–H and O–H groups in total. The molecule has 9 heteroatoms. The minimum absolute atomic E-state index is 0.186. The van der Waals surface area contributed by atoms with Crippen LogP contribution in [0.25, 0.3) is 0 Å². The van der Waals surface area contributed by atoms with Crippen LogP contribution in [0.2, 0.25) is 0 Å². The van der Waals surface area contributed by atoms with Crippen LogP contribution in [-0.2, 0) is 16.1 Å². The number of amides is 3. The SMILES string of the molecule is NC(=O)C[C@H](NC(=O)NCc1cn[nH]c1)C(=O)O. The number of nitrogens with two attached hydrogens (primary N) is 1. The standard InChI is InChI=1S/C9H13N5O4/c10-7(15)1-6(8(16)17)14-9(18)11-2-5-3-12-13-4-5/h3-4,6H,1-2H2,(H2,10,15)(H,12,13)(H,16,17)(H2,11,14,18)/t6-/m0/s1. The molecule has 9 nitrogen and oxygen atoms in total. The lowest BCUT2D eigenvalue weighted by Crippen LogP contribution is -2.47. The second-order valence-electron chi connectivity index (χ2n) is 3.49. The molecule has 0 aliphatic rings. The van der Waals surface area contributed by atoms with E-state index < -0.39 is 30.4 Å². The lowest BCUT2D eigenvalue weighted by molar-refractivity contribution is -0.140. The first-order valence-electron chi connectivity index (χ1n) is 5.02. The maximum Gasteiger partial charge on any atom is 0.326 e. The maximum atomic E-state index is 11.4. The van der Waals surface area contributed by atoms with Crippen LogP contribution in [0, 0.1) is 0 Å². The van der Waals surface area contributed by atoms with Gasteiger partial charge in [-0.2, -0.15) is 5.10 Å². The Hall–Kier alpha value is -2.58. The number of rotatable bonds is 6. The maximum absolute atomic E-state index is 11.4. The Labute approximate surface area is 102 Å². The number of aromatic nitrogens is 2. The molecular formula is C9H13N5O4. The van der Waals surface area contributed by atoms with E-state index >= 15 is 0 Å². The second kappa shape index (κ2) is 6.23. The molecule has 0 radical (unpaired) electrons. The quantitative estimate of drug-likeness (QED) is 0.420. The number of aromatic amines is 1. The van der Waals surface area contributed by atoms with Gasteiger partial charge in [0.15, 0.2) is 0 Å². The molecular weight excluding hydrogens is 242 g/mol. The molecule has 3 amide bonds. The van der Waals surface area contributed by atoms with Gasteiger partial charge in [-0.15, -0.1) is 0 Å². The van der Waals surface area contributed by atoms with Crippen molar-refractivity contribution in [2.75, 3.05) is 0 Å². The minimum atomic E-state index is -1.34. The number of nitrogens with one attached hydrogen (secondary N) is 3. The zero-order valence-corrected chi connectivity index (χ0v) is 9.34. The average Bonchev–Trinajstić information content (AvgIpc) is 2.77. The summed E-state index contributed by atoms with van der Waals surface area (Å²) in [7, 11) is 0. The lowest BCUT2D eigenvalue weighted by atomic mass is 10.2. The summed E-state index contributed by atoms with van der Waals surface area (Å²) in [6.07, 6.45) is 2.63. The predicted molar refractivity (Wildman–Crippen MR) is 59.2 cm³/mol. The molecule has 0 saturated carbocycles. The van der Waals surface area contributed by atoms with Gasteiger partial charge in [0.05, 0.1) is 12.6 Å². The lowest BCUT2D eigenvalue weighted by Gasteiger charge is -2.13. The molecule has 0 unspecified atom stereocenters. The zero-order chi connectivity index (χ0) is 13.5. The number of nitrogens with zero attached hydrogens (tertiary/aromatic N) is 1. The Kier molecular flexibility index (Phi) is 4.67. The van der Waals surface area contributed by atoms with Crippen LogP contribution in [0.5, 0.6) is 0 Å². The molecule has 18 heavy (non-hydrogen) atoms. The Morgan fingerprint density at radius 3 is 2.72 bits per heavy atom. The number of H-pyrrole nitrogens is 1. The van der Waals surface area contributed by atoms with E-state index in [1.54, 1.807) is 6.20 Å². The van der Waals surface area contributed by atoms with Gasteiger partial charge in [-0.05, 0) is 0 Å². The van der Waals surface area contributed by atoms with Crippen molar-refractivity contribution in [3.63, 3.8) is 0 Å². The van der Waals surface area contributed by atoms with E-state index in [4.69, 9.17) is 10.8 Å². The van der Waals surface area contributed by atoms with E-state index in [-0.39, 0.29) is 6.54 Å². The van der Waals surface area contributed by atoms with Crippen LogP contribution in [-0.4, -0.2) is 39.3 Å². The normalized spacial score (nSPS) is 11.6. The number of carboxylic acids is 1. The second-order valence-corrected chi connectivity index (χ2v) is 3.49. The molecule has 1 heterocycles. The summed E-state index contributed by atoms with van der Waals surface area (Å²) in [5.74, 6) is -2.13. The van der Waals surface area contributed by atoms with Crippen LogP contribution in [0.1, 0.15) is 12.0 Å². The summed E-state index contributed by atoms with van der Waals surface area (Å²) in [6, 6.07) is -2.04. The number of hydrogen-bond donors (Lipinski definition) is 5. The summed E-state index contributed by atoms with van der Waals surface area (Å²) < 4.78 is 0. The van der Waals surface area contributed by atoms with Gasteiger partial charge >= 0.3 is 12.0 Å². The van der Waals surface area contributed by atoms with Gasteiger partial charge in [-0.1, -0.05) is 0 Å². The molecule has 0 saturated heterocycles. The topological polar surface area (TPSA) is 150 Å². The highest BCUT2D eigenvalue weighted by atomic mass is 16.4. The molecule has 0 aromatic carbocycles. The molecule has 0 spiro atoms. The third-order valence-electron chi connectivity index (χ3n) is 2.02. The largest absolute Gasteiger partial charge is 0.480 e. The van der Waals surface area contributed by atoms with Crippen LogP contribution in [0.15, 0.2) is 12.4 Å². The monoisotopic (exact) mass is 255 g/mol. The van der Waals surface area contributed by atoms with Gasteiger partial charge in [-0.25, -0.2) is 9.59 Å². The van der Waals surface area contributed by atoms with Gasteiger partial charge < -0.3 is 21.5 Å². The van der Waals surface area contributed by atoms with Gasteiger partial charge in [0.25, 0.3) is 0 Å². The fourth-order valence-electron chi connectivity index (χ4n) is 1.17. The van der Waals surface area contributed by atoms with Crippen LogP contribution in [0.3, 0.4) is 0 Å². The third-order valence-corrected chi connectivity index (χ3v) is 2.02. The number of carbonyl (C=O) groups excluding carboxylic acids is 2. The van der Waals surface area contributed by atoms with Crippen molar-refractivity contribution in [3.05, 3.63) is 18.0 Å². The highest BCUT2D eigenvalue weighted by Crippen LogP contribution is 1.94. The van der Waals surface area contributed by atoms with Gasteiger partial charge in [0.1, 0.15) is 6.04 Å². The zero-order valence-electron chi connectivity index (χ0n) is 9.34. The van der Waals surface area contributed by atoms with E-state index in [0.29, 0.717) is 0 Å². The molecule has 1 aromatic rings. The molecule has 0 fully saturated rings. The van der Waals surface area contributed by atoms with Gasteiger partial charge in [-0.3, -0.25) is 9.89 Å². The number of carbonyl (C=O) groups is 3. The van der Waals surface area contributed by atoms with Gasteiger partial charge in [0, 0.05) is 18.3 Å². The van der Waals surface area contributed by atoms with Crippen molar-refractivity contribution < 1.29 is 19.5 Å². The first kappa shape index (κ1) is 13.5. The van der Waals surface area contributed by atoms with Crippen molar-refractivity contribution in [1.29, 1.82) is 0 Å². The fraction of sp³-hybridized carbons (Fsp3) is 0.333. The molecule has 1 aromatic heterocycles. The van der Waals surface area contributed by atoms with E-state index in [2.05, 4.69) is 20.8 Å². The summed E-state index contributed by atoms with van der Waals surface area (Å²) >= 11 is 0. The van der Waals surface area contributed by atoms with Crippen LogP contribution in [0.4, 0.5) is 4.79 Å². The molecule has 0 aliphatic carbocycles. The number of primary amides is 1. The highest BCUT2D eigenvalue weighted by molar-refractivity contribution is 5.87. The van der Waals surface area contributed by atoms with E-state index in [1.807, 2.05) is 0 Å². The number of hydrogen-bond acceptors (Lipinski definition) is 4. The summed E-state index contributed by atoms with van der Waals surface area (Å²) in [4.78, 5) is 32.7. The summed E-state index contributed by atoms with van der Waals surface area (Å²) in [5, 5.41) is 19.5. The number of aliphatic carboxylic acids is 1. The summed E-state index contributed by atoms with van der Waals surface area (Å²) in [5.41, 5.74) is 5.60. The van der Waals surface area contributed by atoms with Crippen molar-refractivity contribution in [1.82, 2.24) is 20.8 Å². The number of urea groups is 1. The van der Waals surface area contributed by atoms with Crippen molar-refractivity contribution in [3.8, 4) is 0 Å². The minimum Gasteiger partial charge on any atom is -0.480 e.